The fourth-order valence-electron chi connectivity index (χ4n) is 1.71. The van der Waals surface area contributed by atoms with Gasteiger partial charge in [-0.2, -0.15) is 0 Å². The van der Waals surface area contributed by atoms with Crippen molar-refractivity contribution in [3.05, 3.63) is 30.1 Å². The molecule has 7 heteroatoms. The molecular formula is C17H29FIN3O2. The van der Waals surface area contributed by atoms with Crippen molar-refractivity contribution < 1.29 is 13.9 Å². The zero-order valence-corrected chi connectivity index (χ0v) is 17.4. The van der Waals surface area contributed by atoms with Crippen LogP contribution in [0.3, 0.4) is 0 Å². The van der Waals surface area contributed by atoms with E-state index in [1.807, 2.05) is 27.7 Å². The Morgan fingerprint density at radius 1 is 1.29 bits per heavy atom. The van der Waals surface area contributed by atoms with Crippen LogP contribution in [-0.2, 0) is 4.74 Å². The Bertz CT molecular complexity index is 512. The summed E-state index contributed by atoms with van der Waals surface area (Å²) in [6.45, 7) is 9.62. The molecule has 1 rings (SSSR count). The number of nitrogens with zero attached hydrogens (tertiary/aromatic N) is 1. The highest BCUT2D eigenvalue weighted by molar-refractivity contribution is 14.0. The maximum absolute atomic E-state index is 13.6. The number of para-hydroxylation sites is 1. The number of nitrogens with one attached hydrogen (secondary N) is 2. The van der Waals surface area contributed by atoms with E-state index in [0.717, 1.165) is 6.54 Å². The first kappa shape index (κ1) is 22.9. The lowest BCUT2D eigenvalue weighted by molar-refractivity contribution is 0.0310. The molecule has 138 valence electrons. The Balaban J connectivity index is 0.00000529. The Morgan fingerprint density at radius 2 is 1.96 bits per heavy atom. The van der Waals surface area contributed by atoms with Gasteiger partial charge < -0.3 is 20.1 Å². The van der Waals surface area contributed by atoms with Crippen LogP contribution < -0.4 is 15.4 Å². The van der Waals surface area contributed by atoms with Gasteiger partial charge in [0.25, 0.3) is 0 Å². The fourth-order valence-corrected chi connectivity index (χ4v) is 1.71. The Hall–Kier alpha value is -1.09. The highest BCUT2D eigenvalue weighted by Gasteiger charge is 2.16. The van der Waals surface area contributed by atoms with Crippen LogP contribution in [0.2, 0.25) is 0 Å². The minimum absolute atomic E-state index is 0. The summed E-state index contributed by atoms with van der Waals surface area (Å²) in [6, 6.07) is 6.38. The van der Waals surface area contributed by atoms with E-state index in [1.54, 1.807) is 25.3 Å². The normalized spacial score (nSPS) is 13.0. The standard InChI is InChI=1S/C17H28FN3O2.HI/c1-6-19-16(21-12-17(3,4)22-5)20-11-13(2)23-15-10-8-7-9-14(15)18;/h7-10,13H,6,11-12H2,1-5H3,(H2,19,20,21);1H. The van der Waals surface area contributed by atoms with Crippen LogP contribution in [0.5, 0.6) is 5.75 Å². The van der Waals surface area contributed by atoms with Crippen LogP contribution in [0.4, 0.5) is 4.39 Å². The van der Waals surface area contributed by atoms with Gasteiger partial charge >= 0.3 is 0 Å². The van der Waals surface area contributed by atoms with Crippen molar-refractivity contribution in [3.8, 4) is 5.75 Å². The second-order valence-corrected chi connectivity index (χ2v) is 5.90. The lowest BCUT2D eigenvalue weighted by Gasteiger charge is -2.22. The van der Waals surface area contributed by atoms with Gasteiger partial charge in [-0.15, -0.1) is 24.0 Å². The van der Waals surface area contributed by atoms with E-state index in [-0.39, 0.29) is 47.2 Å². The van der Waals surface area contributed by atoms with E-state index < -0.39 is 0 Å². The Kier molecular flexibility index (Phi) is 10.9. The number of ether oxygens (including phenoxy) is 2. The van der Waals surface area contributed by atoms with E-state index in [1.165, 1.54) is 6.07 Å². The molecule has 1 atom stereocenters. The summed E-state index contributed by atoms with van der Waals surface area (Å²) in [5.41, 5.74) is -0.322. The van der Waals surface area contributed by atoms with Crippen LogP contribution >= 0.6 is 24.0 Å². The lowest BCUT2D eigenvalue weighted by atomic mass is 10.1. The van der Waals surface area contributed by atoms with Gasteiger partial charge in [-0.3, -0.25) is 4.99 Å². The monoisotopic (exact) mass is 453 g/mol. The van der Waals surface area contributed by atoms with E-state index in [4.69, 9.17) is 9.47 Å². The molecule has 1 aromatic rings. The van der Waals surface area contributed by atoms with E-state index in [9.17, 15) is 4.39 Å². The first-order valence-corrected chi connectivity index (χ1v) is 7.86. The summed E-state index contributed by atoms with van der Waals surface area (Å²) < 4.78 is 24.5. The molecule has 0 aromatic heterocycles. The molecule has 0 saturated heterocycles. The molecule has 0 saturated carbocycles. The molecule has 0 radical (unpaired) electrons. The number of guanidine groups is 1. The molecule has 1 unspecified atom stereocenters. The predicted molar refractivity (Wildman–Crippen MR) is 107 cm³/mol. The van der Waals surface area contributed by atoms with Crippen molar-refractivity contribution in [3.63, 3.8) is 0 Å². The molecule has 0 heterocycles. The number of hydrogen-bond acceptors (Lipinski definition) is 3. The minimum atomic E-state index is -0.359. The summed E-state index contributed by atoms with van der Waals surface area (Å²) in [5.74, 6) is 0.577. The van der Waals surface area contributed by atoms with Crippen LogP contribution in [0.15, 0.2) is 29.3 Å². The summed E-state index contributed by atoms with van der Waals surface area (Å²) in [4.78, 5) is 4.49. The highest BCUT2D eigenvalue weighted by Crippen LogP contribution is 2.16. The molecule has 24 heavy (non-hydrogen) atoms. The molecule has 0 spiro atoms. The largest absolute Gasteiger partial charge is 0.486 e. The van der Waals surface area contributed by atoms with Gasteiger partial charge in [0.1, 0.15) is 6.10 Å². The molecule has 5 nitrogen and oxygen atoms in total. The third kappa shape index (κ3) is 8.68. The second-order valence-electron chi connectivity index (χ2n) is 5.90. The van der Waals surface area contributed by atoms with Crippen molar-refractivity contribution in [1.82, 2.24) is 10.6 Å². The van der Waals surface area contributed by atoms with Crippen LogP contribution in [0, 0.1) is 5.82 Å². The maximum Gasteiger partial charge on any atom is 0.191 e. The SMILES string of the molecule is CCNC(=NCC(C)(C)OC)NCC(C)Oc1ccccc1F.I. The molecule has 0 fully saturated rings. The van der Waals surface area contributed by atoms with Gasteiger partial charge in [0.15, 0.2) is 17.5 Å². The third-order valence-corrected chi connectivity index (χ3v) is 3.24. The molecule has 2 N–H and O–H groups in total. The Morgan fingerprint density at radius 3 is 2.54 bits per heavy atom. The average molecular weight is 453 g/mol. The van der Waals surface area contributed by atoms with Crippen LogP contribution in [0.25, 0.3) is 0 Å². The summed E-state index contributed by atoms with van der Waals surface area (Å²) >= 11 is 0. The van der Waals surface area contributed by atoms with E-state index in [2.05, 4.69) is 15.6 Å². The number of rotatable bonds is 8. The number of benzene rings is 1. The van der Waals surface area contributed by atoms with Crippen molar-refractivity contribution in [2.75, 3.05) is 26.7 Å². The quantitative estimate of drug-likeness (QED) is 0.361. The first-order valence-electron chi connectivity index (χ1n) is 7.86. The summed E-state index contributed by atoms with van der Waals surface area (Å²) in [6.07, 6.45) is -0.203. The lowest BCUT2D eigenvalue weighted by Crippen LogP contribution is -2.43. The zero-order valence-electron chi connectivity index (χ0n) is 15.1. The van der Waals surface area contributed by atoms with E-state index >= 15 is 0 Å². The van der Waals surface area contributed by atoms with E-state index in [0.29, 0.717) is 19.0 Å². The average Bonchev–Trinajstić information content (AvgIpc) is 2.52. The van der Waals surface area contributed by atoms with Gasteiger partial charge in [-0.05, 0) is 39.8 Å². The van der Waals surface area contributed by atoms with Crippen LogP contribution in [-0.4, -0.2) is 44.4 Å². The number of hydrogen-bond donors (Lipinski definition) is 2. The Labute approximate surface area is 161 Å². The molecule has 0 aliphatic heterocycles. The van der Waals surface area contributed by atoms with Crippen molar-refractivity contribution in [2.45, 2.75) is 39.4 Å². The third-order valence-electron chi connectivity index (χ3n) is 3.24. The van der Waals surface area contributed by atoms with Gasteiger partial charge in [0.05, 0.1) is 18.7 Å². The first-order chi connectivity index (χ1) is 10.9. The van der Waals surface area contributed by atoms with Gasteiger partial charge in [-0.1, -0.05) is 12.1 Å². The van der Waals surface area contributed by atoms with Crippen LogP contribution in [0.1, 0.15) is 27.7 Å². The molecule has 0 amide bonds. The van der Waals surface area contributed by atoms with Gasteiger partial charge in [0.2, 0.25) is 0 Å². The van der Waals surface area contributed by atoms with Crippen molar-refractivity contribution in [1.29, 1.82) is 0 Å². The number of methoxy groups -OCH3 is 1. The molecule has 0 bridgehead atoms. The predicted octanol–water partition coefficient (Wildman–Crippen LogP) is 3.19. The van der Waals surface area contributed by atoms with Gasteiger partial charge in [-0.25, -0.2) is 4.39 Å². The molecule has 1 aromatic carbocycles. The minimum Gasteiger partial charge on any atom is -0.486 e. The number of aliphatic imine (C=N–C) groups is 1. The van der Waals surface area contributed by atoms with Crippen molar-refractivity contribution in [2.24, 2.45) is 4.99 Å². The maximum atomic E-state index is 13.6. The summed E-state index contributed by atoms with van der Waals surface area (Å²) in [5, 5.41) is 6.36. The second kappa shape index (κ2) is 11.5. The zero-order chi connectivity index (χ0) is 17.3. The fraction of sp³-hybridized carbons (Fsp3) is 0.588. The molecule has 0 aliphatic rings. The topological polar surface area (TPSA) is 54.9 Å². The molecular weight excluding hydrogens is 424 g/mol. The smallest absolute Gasteiger partial charge is 0.191 e. The number of halogens is 2. The summed E-state index contributed by atoms with van der Waals surface area (Å²) in [7, 11) is 1.67. The highest BCUT2D eigenvalue weighted by atomic mass is 127. The van der Waals surface area contributed by atoms with Gasteiger partial charge in [0, 0.05) is 13.7 Å². The van der Waals surface area contributed by atoms with Crippen molar-refractivity contribution >= 4 is 29.9 Å². The molecule has 0 aliphatic carbocycles.